The van der Waals surface area contributed by atoms with Crippen LogP contribution >= 0.6 is 0 Å². The minimum absolute atomic E-state index is 0.0503. The Hall–Kier alpha value is -1.88. The van der Waals surface area contributed by atoms with Gasteiger partial charge in [0.15, 0.2) is 5.82 Å². The lowest BCUT2D eigenvalue weighted by molar-refractivity contribution is 0.195. The predicted octanol–water partition coefficient (Wildman–Crippen LogP) is 1.44. The van der Waals surface area contributed by atoms with Crippen molar-refractivity contribution in [2.45, 2.75) is 31.7 Å². The molecule has 1 aromatic heterocycles. The smallest absolute Gasteiger partial charge is 0.155 e. The lowest BCUT2D eigenvalue weighted by Crippen LogP contribution is -2.22. The minimum atomic E-state index is 0.0503. The third-order valence-electron chi connectivity index (χ3n) is 3.58. The lowest BCUT2D eigenvalue weighted by Gasteiger charge is -2.20. The third-order valence-corrected chi connectivity index (χ3v) is 3.58. The number of aliphatic hydroxyl groups excluding tert-OH is 1. The summed E-state index contributed by atoms with van der Waals surface area (Å²) in [7, 11) is 0. The van der Waals surface area contributed by atoms with Gasteiger partial charge in [0, 0.05) is 18.4 Å². The van der Waals surface area contributed by atoms with Crippen molar-refractivity contribution >= 4 is 0 Å². The fourth-order valence-corrected chi connectivity index (χ4v) is 2.56. The molecule has 1 aliphatic rings. The number of para-hydroxylation sites is 1. The predicted molar refractivity (Wildman–Crippen MR) is 70.0 cm³/mol. The number of rotatable bonds is 3. The lowest BCUT2D eigenvalue weighted by atomic mass is 10.1. The molecule has 0 radical (unpaired) electrons. The van der Waals surface area contributed by atoms with Crippen LogP contribution in [-0.4, -0.2) is 31.6 Å². The number of phenols is 1. The monoisotopic (exact) mass is 259 g/mol. The number of phenolic OH excluding ortho intramolecular Hbond substituents is 1. The van der Waals surface area contributed by atoms with Gasteiger partial charge in [-0.15, -0.1) is 0 Å². The van der Waals surface area contributed by atoms with Crippen LogP contribution in [0.5, 0.6) is 5.75 Å². The standard InChI is InChI=1S/C14H17N3O2/c18-9-11-5-3-7-14-15-13(16-17(11)14)8-10-4-1-2-6-12(10)19/h1-2,4,6,11,18-19H,3,5,7-9H2. The molecule has 100 valence electrons. The summed E-state index contributed by atoms with van der Waals surface area (Å²) in [5.74, 6) is 1.92. The number of nitrogens with zero attached hydrogens (tertiary/aromatic N) is 3. The Kier molecular flexibility index (Phi) is 3.21. The molecule has 0 saturated heterocycles. The molecule has 2 aromatic rings. The van der Waals surface area contributed by atoms with Crippen molar-refractivity contribution in [3.63, 3.8) is 0 Å². The van der Waals surface area contributed by atoms with Crippen LogP contribution in [0.15, 0.2) is 24.3 Å². The van der Waals surface area contributed by atoms with Gasteiger partial charge in [-0.3, -0.25) is 0 Å². The van der Waals surface area contributed by atoms with Crippen molar-refractivity contribution in [2.75, 3.05) is 6.61 Å². The number of hydrogen-bond donors (Lipinski definition) is 2. The average Bonchev–Trinajstić information content (AvgIpc) is 2.83. The highest BCUT2D eigenvalue weighted by Crippen LogP contribution is 2.24. The highest BCUT2D eigenvalue weighted by Gasteiger charge is 2.22. The van der Waals surface area contributed by atoms with E-state index in [0.29, 0.717) is 12.2 Å². The molecule has 1 aliphatic heterocycles. The Morgan fingerprint density at radius 1 is 1.32 bits per heavy atom. The molecule has 0 bridgehead atoms. The Morgan fingerprint density at radius 3 is 2.95 bits per heavy atom. The molecule has 0 amide bonds. The van der Waals surface area contributed by atoms with Crippen LogP contribution in [0, 0.1) is 0 Å². The van der Waals surface area contributed by atoms with Gasteiger partial charge in [0.25, 0.3) is 0 Å². The quantitative estimate of drug-likeness (QED) is 0.875. The molecular weight excluding hydrogens is 242 g/mol. The highest BCUT2D eigenvalue weighted by atomic mass is 16.3. The van der Waals surface area contributed by atoms with Crippen molar-refractivity contribution in [3.05, 3.63) is 41.5 Å². The average molecular weight is 259 g/mol. The van der Waals surface area contributed by atoms with Crippen LogP contribution in [0.4, 0.5) is 0 Å². The summed E-state index contributed by atoms with van der Waals surface area (Å²) in [6.45, 7) is 0.104. The maximum Gasteiger partial charge on any atom is 0.155 e. The number of benzene rings is 1. The number of aromatic hydroxyl groups is 1. The highest BCUT2D eigenvalue weighted by molar-refractivity contribution is 5.33. The Labute approximate surface area is 111 Å². The van der Waals surface area contributed by atoms with Crippen molar-refractivity contribution in [1.82, 2.24) is 14.8 Å². The Morgan fingerprint density at radius 2 is 2.16 bits per heavy atom. The van der Waals surface area contributed by atoms with Crippen molar-refractivity contribution in [2.24, 2.45) is 0 Å². The summed E-state index contributed by atoms with van der Waals surface area (Å²) >= 11 is 0. The number of fused-ring (bicyclic) bond motifs is 1. The SMILES string of the molecule is OCC1CCCc2nc(Cc3ccccc3O)nn21. The van der Waals surface area contributed by atoms with Gasteiger partial charge < -0.3 is 10.2 Å². The summed E-state index contributed by atoms with van der Waals surface area (Å²) in [6, 6.07) is 7.28. The maximum absolute atomic E-state index is 9.77. The zero-order valence-electron chi connectivity index (χ0n) is 10.7. The van der Waals surface area contributed by atoms with Gasteiger partial charge in [-0.1, -0.05) is 18.2 Å². The molecule has 19 heavy (non-hydrogen) atoms. The maximum atomic E-state index is 9.77. The van der Waals surface area contributed by atoms with E-state index in [1.807, 2.05) is 16.8 Å². The zero-order chi connectivity index (χ0) is 13.2. The van der Waals surface area contributed by atoms with E-state index < -0.39 is 0 Å². The summed E-state index contributed by atoms with van der Waals surface area (Å²) < 4.78 is 1.85. The van der Waals surface area contributed by atoms with E-state index in [2.05, 4.69) is 10.1 Å². The fraction of sp³-hybridized carbons (Fsp3) is 0.429. The summed E-state index contributed by atoms with van der Waals surface area (Å²) in [4.78, 5) is 4.51. The molecule has 2 N–H and O–H groups in total. The van der Waals surface area contributed by atoms with Crippen LogP contribution in [0.25, 0.3) is 0 Å². The van der Waals surface area contributed by atoms with Crippen LogP contribution in [0.2, 0.25) is 0 Å². The fourth-order valence-electron chi connectivity index (χ4n) is 2.56. The summed E-state index contributed by atoms with van der Waals surface area (Å²) in [6.07, 6.45) is 3.41. The van der Waals surface area contributed by atoms with E-state index >= 15 is 0 Å². The molecule has 0 aliphatic carbocycles. The van der Waals surface area contributed by atoms with Crippen LogP contribution < -0.4 is 0 Å². The first-order valence-corrected chi connectivity index (χ1v) is 6.60. The molecule has 1 unspecified atom stereocenters. The van der Waals surface area contributed by atoms with Gasteiger partial charge in [-0.05, 0) is 18.9 Å². The van der Waals surface area contributed by atoms with Gasteiger partial charge in [-0.25, -0.2) is 9.67 Å². The van der Waals surface area contributed by atoms with Crippen molar-refractivity contribution < 1.29 is 10.2 Å². The first kappa shape index (κ1) is 12.2. The third kappa shape index (κ3) is 2.33. The Bertz CT molecular complexity index is 580. The summed E-state index contributed by atoms with van der Waals surface area (Å²) in [5.41, 5.74) is 0.825. The molecule has 0 saturated carbocycles. The number of hydrogen-bond acceptors (Lipinski definition) is 4. The largest absolute Gasteiger partial charge is 0.508 e. The number of aliphatic hydroxyl groups is 1. The normalized spacial score (nSPS) is 18.3. The molecule has 5 nitrogen and oxygen atoms in total. The summed E-state index contributed by atoms with van der Waals surface area (Å²) in [5, 5.41) is 23.6. The molecule has 5 heteroatoms. The van der Waals surface area contributed by atoms with Gasteiger partial charge in [0.05, 0.1) is 12.6 Å². The molecule has 0 spiro atoms. The number of aryl methyl sites for hydroxylation is 1. The first-order valence-electron chi connectivity index (χ1n) is 6.60. The van der Waals surface area contributed by atoms with E-state index in [9.17, 15) is 10.2 Å². The molecule has 1 aromatic carbocycles. The topological polar surface area (TPSA) is 71.2 Å². The van der Waals surface area contributed by atoms with E-state index in [1.165, 1.54) is 0 Å². The molecular formula is C14H17N3O2. The molecule has 3 rings (SSSR count). The van der Waals surface area contributed by atoms with Gasteiger partial charge in [-0.2, -0.15) is 5.10 Å². The zero-order valence-corrected chi connectivity index (χ0v) is 10.7. The minimum Gasteiger partial charge on any atom is -0.508 e. The van der Waals surface area contributed by atoms with Crippen molar-refractivity contribution in [1.29, 1.82) is 0 Å². The molecule has 2 heterocycles. The van der Waals surface area contributed by atoms with Crippen molar-refractivity contribution in [3.8, 4) is 5.75 Å². The van der Waals surface area contributed by atoms with Crippen LogP contribution in [0.3, 0.4) is 0 Å². The van der Waals surface area contributed by atoms with Crippen LogP contribution in [-0.2, 0) is 12.8 Å². The van der Waals surface area contributed by atoms with Gasteiger partial charge >= 0.3 is 0 Å². The molecule has 0 fully saturated rings. The number of aromatic nitrogens is 3. The van der Waals surface area contributed by atoms with Crippen LogP contribution in [0.1, 0.15) is 36.1 Å². The second-order valence-corrected chi connectivity index (χ2v) is 4.92. The van der Waals surface area contributed by atoms with E-state index in [4.69, 9.17) is 0 Å². The second-order valence-electron chi connectivity index (χ2n) is 4.92. The second kappa shape index (κ2) is 5.01. The Balaban J connectivity index is 1.87. The van der Waals surface area contributed by atoms with E-state index in [0.717, 1.165) is 30.7 Å². The van der Waals surface area contributed by atoms with E-state index in [1.54, 1.807) is 12.1 Å². The van der Waals surface area contributed by atoms with Gasteiger partial charge in [0.2, 0.25) is 0 Å². The van der Waals surface area contributed by atoms with E-state index in [-0.39, 0.29) is 18.4 Å². The first-order chi connectivity index (χ1) is 9.28. The molecule has 1 atom stereocenters. The van der Waals surface area contributed by atoms with Gasteiger partial charge in [0.1, 0.15) is 11.6 Å².